The first kappa shape index (κ1) is 13.4. The van der Waals surface area contributed by atoms with E-state index in [1.807, 2.05) is 0 Å². The average molecular weight is 276 g/mol. The first-order valence-corrected chi connectivity index (χ1v) is 6.12. The maximum absolute atomic E-state index is 11.8. The highest BCUT2D eigenvalue weighted by molar-refractivity contribution is 7.80. The number of thiol groups is 1. The fourth-order valence-electron chi connectivity index (χ4n) is 1.61. The molecule has 1 N–H and O–H groups in total. The molecular weight excluding hydrogens is 264 g/mol. The van der Waals surface area contributed by atoms with Gasteiger partial charge in [-0.25, -0.2) is 14.6 Å². The van der Waals surface area contributed by atoms with E-state index in [-0.39, 0.29) is 12.2 Å². The molecule has 0 aliphatic carbocycles. The Bertz CT molecular complexity index is 650. The Morgan fingerprint density at radius 2 is 2.05 bits per heavy atom. The topological polar surface area (TPSA) is 72.0 Å². The van der Waals surface area contributed by atoms with E-state index in [0.717, 1.165) is 4.90 Å². The van der Waals surface area contributed by atoms with Crippen LogP contribution in [-0.2, 0) is 4.74 Å². The molecule has 0 fully saturated rings. The first-order valence-electron chi connectivity index (χ1n) is 5.67. The van der Waals surface area contributed by atoms with Gasteiger partial charge in [-0.05, 0) is 24.6 Å². The van der Waals surface area contributed by atoms with Gasteiger partial charge in [0.2, 0.25) is 0 Å². The van der Waals surface area contributed by atoms with Gasteiger partial charge in [0.25, 0.3) is 0 Å². The van der Waals surface area contributed by atoms with E-state index in [2.05, 4.69) is 22.6 Å². The van der Waals surface area contributed by atoms with Crippen molar-refractivity contribution in [3.63, 3.8) is 0 Å². The standard InChI is InChI=1S/C13H12N2O3S/c1-2-18-12(16)10-7-14-13(17)15-11(10)8-3-5-9(19)6-4-8/h3-7,19H,2H2,1H3,(H,14,15,17). The molecule has 0 bridgehead atoms. The highest BCUT2D eigenvalue weighted by Gasteiger charge is 2.15. The molecule has 0 spiro atoms. The lowest BCUT2D eigenvalue weighted by atomic mass is 10.1. The lowest BCUT2D eigenvalue weighted by Gasteiger charge is -2.08. The summed E-state index contributed by atoms with van der Waals surface area (Å²) >= 11 is 4.19. The van der Waals surface area contributed by atoms with E-state index in [4.69, 9.17) is 4.74 Å². The number of aromatic amines is 1. The van der Waals surface area contributed by atoms with Crippen molar-refractivity contribution in [2.45, 2.75) is 11.8 Å². The SMILES string of the molecule is CCOC(=O)c1cnc(=O)[nH]c1-c1ccc(S)cc1. The third kappa shape index (κ3) is 3.03. The Kier molecular flexibility index (Phi) is 4.01. The molecule has 19 heavy (non-hydrogen) atoms. The number of nitrogens with one attached hydrogen (secondary N) is 1. The van der Waals surface area contributed by atoms with Crippen LogP contribution in [0.2, 0.25) is 0 Å². The van der Waals surface area contributed by atoms with Crippen molar-refractivity contribution in [3.05, 3.63) is 46.5 Å². The summed E-state index contributed by atoms with van der Waals surface area (Å²) in [6.45, 7) is 1.97. The van der Waals surface area contributed by atoms with E-state index in [1.165, 1.54) is 6.20 Å². The maximum Gasteiger partial charge on any atom is 0.345 e. The highest BCUT2D eigenvalue weighted by atomic mass is 32.1. The second-order valence-electron chi connectivity index (χ2n) is 3.74. The molecule has 0 amide bonds. The van der Waals surface area contributed by atoms with Gasteiger partial charge in [0.15, 0.2) is 0 Å². The second-order valence-corrected chi connectivity index (χ2v) is 4.26. The Balaban J connectivity index is 2.54. The number of aromatic nitrogens is 2. The number of benzene rings is 1. The van der Waals surface area contributed by atoms with Gasteiger partial charge >= 0.3 is 11.7 Å². The van der Waals surface area contributed by atoms with Gasteiger partial charge in [0.05, 0.1) is 12.3 Å². The van der Waals surface area contributed by atoms with Crippen LogP contribution in [0.5, 0.6) is 0 Å². The van der Waals surface area contributed by atoms with Crippen LogP contribution >= 0.6 is 12.6 Å². The van der Waals surface area contributed by atoms with Crippen LogP contribution in [0.3, 0.4) is 0 Å². The number of rotatable bonds is 3. The molecule has 0 atom stereocenters. The van der Waals surface area contributed by atoms with Gasteiger partial charge in [-0.1, -0.05) is 12.1 Å². The molecule has 0 saturated carbocycles. The van der Waals surface area contributed by atoms with Crippen LogP contribution < -0.4 is 5.69 Å². The van der Waals surface area contributed by atoms with Crippen LogP contribution in [0.15, 0.2) is 40.2 Å². The predicted octanol–water partition coefficient (Wildman–Crippen LogP) is 1.90. The number of hydrogen-bond donors (Lipinski definition) is 2. The van der Waals surface area contributed by atoms with E-state index in [0.29, 0.717) is 11.3 Å². The Morgan fingerprint density at radius 3 is 2.68 bits per heavy atom. The average Bonchev–Trinajstić information content (AvgIpc) is 2.39. The molecule has 0 aliphatic heterocycles. The normalized spacial score (nSPS) is 10.2. The predicted molar refractivity (Wildman–Crippen MR) is 73.5 cm³/mol. The van der Waals surface area contributed by atoms with Crippen LogP contribution in [0.1, 0.15) is 17.3 Å². The Hall–Kier alpha value is -2.08. The van der Waals surface area contributed by atoms with Gasteiger partial charge in [0, 0.05) is 11.1 Å². The van der Waals surface area contributed by atoms with Crippen LogP contribution in [-0.4, -0.2) is 22.5 Å². The van der Waals surface area contributed by atoms with Gasteiger partial charge in [-0.3, -0.25) is 0 Å². The highest BCUT2D eigenvalue weighted by Crippen LogP contribution is 2.21. The van der Waals surface area contributed by atoms with Gasteiger partial charge in [-0.15, -0.1) is 12.6 Å². The zero-order chi connectivity index (χ0) is 13.8. The summed E-state index contributed by atoms with van der Waals surface area (Å²) in [5.74, 6) is -0.517. The van der Waals surface area contributed by atoms with Gasteiger partial charge < -0.3 is 9.72 Å². The lowest BCUT2D eigenvalue weighted by Crippen LogP contribution is -2.16. The van der Waals surface area contributed by atoms with Crippen molar-refractivity contribution in [2.75, 3.05) is 6.61 Å². The molecule has 2 rings (SSSR count). The number of carbonyl (C=O) groups excluding carboxylic acids is 1. The van der Waals surface area contributed by atoms with Crippen LogP contribution in [0, 0.1) is 0 Å². The fraction of sp³-hybridized carbons (Fsp3) is 0.154. The molecule has 0 saturated heterocycles. The van der Waals surface area contributed by atoms with Crippen molar-refractivity contribution in [1.82, 2.24) is 9.97 Å². The molecule has 1 aromatic carbocycles. The smallest absolute Gasteiger partial charge is 0.345 e. The number of nitrogens with zero attached hydrogens (tertiary/aromatic N) is 1. The Labute approximate surface area is 115 Å². The van der Waals surface area contributed by atoms with E-state index >= 15 is 0 Å². The van der Waals surface area contributed by atoms with Gasteiger partial charge in [0.1, 0.15) is 5.56 Å². The molecule has 1 heterocycles. The number of carbonyl (C=O) groups is 1. The molecule has 98 valence electrons. The summed E-state index contributed by atoms with van der Waals surface area (Å²) in [6, 6.07) is 7.06. The Morgan fingerprint density at radius 1 is 1.37 bits per heavy atom. The number of esters is 1. The molecule has 0 radical (unpaired) electrons. The first-order chi connectivity index (χ1) is 9.11. The summed E-state index contributed by atoms with van der Waals surface area (Å²) in [5, 5.41) is 0. The largest absolute Gasteiger partial charge is 0.462 e. The van der Waals surface area contributed by atoms with E-state index in [1.54, 1.807) is 31.2 Å². The minimum Gasteiger partial charge on any atom is -0.462 e. The van der Waals surface area contributed by atoms with Crippen molar-refractivity contribution < 1.29 is 9.53 Å². The van der Waals surface area contributed by atoms with Crippen LogP contribution in [0.25, 0.3) is 11.3 Å². The molecule has 5 nitrogen and oxygen atoms in total. The number of H-pyrrole nitrogens is 1. The monoisotopic (exact) mass is 276 g/mol. The lowest BCUT2D eigenvalue weighted by molar-refractivity contribution is 0.0526. The molecule has 0 unspecified atom stereocenters. The maximum atomic E-state index is 11.8. The molecule has 2 aromatic rings. The second kappa shape index (κ2) is 5.71. The molecule has 6 heteroatoms. The van der Waals surface area contributed by atoms with E-state index < -0.39 is 11.7 Å². The minimum absolute atomic E-state index is 0.230. The zero-order valence-electron chi connectivity index (χ0n) is 10.2. The summed E-state index contributed by atoms with van der Waals surface area (Å²) in [6.07, 6.45) is 1.22. The summed E-state index contributed by atoms with van der Waals surface area (Å²) in [4.78, 5) is 30.1. The van der Waals surface area contributed by atoms with Crippen molar-refractivity contribution in [2.24, 2.45) is 0 Å². The third-order valence-corrected chi connectivity index (χ3v) is 2.76. The van der Waals surface area contributed by atoms with E-state index in [9.17, 15) is 9.59 Å². The van der Waals surface area contributed by atoms with Crippen molar-refractivity contribution >= 4 is 18.6 Å². The zero-order valence-corrected chi connectivity index (χ0v) is 11.1. The summed E-state index contributed by atoms with van der Waals surface area (Å²) in [5.41, 5.74) is 0.804. The van der Waals surface area contributed by atoms with Crippen LogP contribution in [0.4, 0.5) is 0 Å². The molecule has 0 aliphatic rings. The fourth-order valence-corrected chi connectivity index (χ4v) is 1.76. The summed E-state index contributed by atoms with van der Waals surface area (Å²) in [7, 11) is 0. The minimum atomic E-state index is -0.517. The van der Waals surface area contributed by atoms with Crippen molar-refractivity contribution in [3.8, 4) is 11.3 Å². The van der Waals surface area contributed by atoms with Crippen molar-refractivity contribution in [1.29, 1.82) is 0 Å². The number of hydrogen-bond acceptors (Lipinski definition) is 5. The number of ether oxygens (including phenoxy) is 1. The third-order valence-electron chi connectivity index (χ3n) is 2.46. The van der Waals surface area contributed by atoms with Gasteiger partial charge in [-0.2, -0.15) is 0 Å². The quantitative estimate of drug-likeness (QED) is 0.663. The summed E-state index contributed by atoms with van der Waals surface area (Å²) < 4.78 is 4.94. The molecular formula is C13H12N2O3S. The molecule has 1 aromatic heterocycles.